The smallest absolute Gasteiger partial charge is 0.124 e. The Balaban J connectivity index is 1.73. The van der Waals surface area contributed by atoms with Gasteiger partial charge in [0.25, 0.3) is 0 Å². The Kier molecular flexibility index (Phi) is 4.40. The first-order valence-electron chi connectivity index (χ1n) is 7.97. The Hall–Kier alpha value is -1.60. The summed E-state index contributed by atoms with van der Waals surface area (Å²) in [5.74, 6) is 0.260. The van der Waals surface area contributed by atoms with Gasteiger partial charge in [-0.1, -0.05) is 12.8 Å². The van der Waals surface area contributed by atoms with Crippen molar-refractivity contribution >= 4 is 5.69 Å². The molecule has 0 aromatic heterocycles. The van der Waals surface area contributed by atoms with Crippen molar-refractivity contribution in [2.45, 2.75) is 50.6 Å². The number of benzene rings is 1. The van der Waals surface area contributed by atoms with Crippen molar-refractivity contribution in [3.8, 4) is 6.07 Å². The van der Waals surface area contributed by atoms with Crippen LogP contribution in [0, 0.1) is 23.1 Å². The maximum atomic E-state index is 13.2. The molecule has 3 unspecified atom stereocenters. The van der Waals surface area contributed by atoms with Gasteiger partial charge in [0, 0.05) is 12.1 Å². The molecule has 3 rings (SSSR count). The van der Waals surface area contributed by atoms with Crippen molar-refractivity contribution in [2.24, 2.45) is 5.92 Å². The third-order valence-electron chi connectivity index (χ3n) is 4.88. The van der Waals surface area contributed by atoms with Crippen molar-refractivity contribution in [1.82, 2.24) is 5.32 Å². The topological polar surface area (TPSA) is 47.9 Å². The molecule has 0 bridgehead atoms. The third kappa shape index (κ3) is 3.19. The minimum absolute atomic E-state index is 0.353. The zero-order valence-electron chi connectivity index (χ0n) is 12.2. The molecule has 0 spiro atoms. The van der Waals surface area contributed by atoms with Crippen molar-refractivity contribution in [3.05, 3.63) is 29.6 Å². The molecule has 1 aliphatic heterocycles. The number of hydrogen-bond acceptors (Lipinski definition) is 3. The van der Waals surface area contributed by atoms with Crippen LogP contribution in [0.25, 0.3) is 0 Å². The number of halogens is 1. The van der Waals surface area contributed by atoms with Crippen LogP contribution in [0.2, 0.25) is 0 Å². The van der Waals surface area contributed by atoms with Crippen LogP contribution in [0.4, 0.5) is 10.1 Å². The Morgan fingerprint density at radius 3 is 2.86 bits per heavy atom. The number of nitrogens with one attached hydrogen (secondary N) is 2. The van der Waals surface area contributed by atoms with E-state index < -0.39 is 0 Å². The van der Waals surface area contributed by atoms with Crippen LogP contribution in [0.3, 0.4) is 0 Å². The van der Waals surface area contributed by atoms with Crippen molar-refractivity contribution in [2.75, 3.05) is 11.9 Å². The van der Waals surface area contributed by atoms with E-state index in [0.717, 1.165) is 18.7 Å². The summed E-state index contributed by atoms with van der Waals surface area (Å²) in [6, 6.07) is 7.49. The second-order valence-electron chi connectivity index (χ2n) is 6.20. The van der Waals surface area contributed by atoms with Crippen LogP contribution in [0.1, 0.15) is 44.1 Å². The first kappa shape index (κ1) is 14.3. The van der Waals surface area contributed by atoms with Gasteiger partial charge in [0.05, 0.1) is 11.3 Å². The molecule has 2 aliphatic rings. The van der Waals surface area contributed by atoms with E-state index in [1.54, 1.807) is 6.07 Å². The summed E-state index contributed by atoms with van der Waals surface area (Å²) in [7, 11) is 0. The minimum Gasteiger partial charge on any atom is -0.381 e. The molecule has 1 aromatic rings. The monoisotopic (exact) mass is 287 g/mol. The Bertz CT molecular complexity index is 531. The molecule has 1 aliphatic carbocycles. The number of anilines is 1. The largest absolute Gasteiger partial charge is 0.381 e. The summed E-state index contributed by atoms with van der Waals surface area (Å²) >= 11 is 0. The fourth-order valence-electron chi connectivity index (χ4n) is 3.83. The number of hydrogen-bond donors (Lipinski definition) is 2. The van der Waals surface area contributed by atoms with Gasteiger partial charge >= 0.3 is 0 Å². The van der Waals surface area contributed by atoms with Gasteiger partial charge in [-0.25, -0.2) is 4.39 Å². The van der Waals surface area contributed by atoms with Crippen LogP contribution < -0.4 is 10.6 Å². The zero-order valence-corrected chi connectivity index (χ0v) is 12.2. The first-order chi connectivity index (χ1) is 10.3. The second-order valence-corrected chi connectivity index (χ2v) is 6.20. The lowest BCUT2D eigenvalue weighted by Gasteiger charge is -2.33. The number of rotatable bonds is 3. The highest BCUT2D eigenvalue weighted by molar-refractivity contribution is 5.58. The van der Waals surface area contributed by atoms with E-state index in [4.69, 9.17) is 5.26 Å². The number of piperidine rings is 1. The lowest BCUT2D eigenvalue weighted by atomic mass is 9.88. The van der Waals surface area contributed by atoms with E-state index in [-0.39, 0.29) is 5.82 Å². The van der Waals surface area contributed by atoms with Gasteiger partial charge in [0.2, 0.25) is 0 Å². The summed E-state index contributed by atoms with van der Waals surface area (Å²) in [6.45, 7) is 1.12. The highest BCUT2D eigenvalue weighted by atomic mass is 19.1. The Labute approximate surface area is 125 Å². The van der Waals surface area contributed by atoms with E-state index >= 15 is 0 Å². The molecule has 2 fully saturated rings. The summed E-state index contributed by atoms with van der Waals surface area (Å²) in [5.41, 5.74) is 1.17. The Morgan fingerprint density at radius 1 is 1.19 bits per heavy atom. The van der Waals surface area contributed by atoms with Gasteiger partial charge in [-0.2, -0.15) is 5.26 Å². The van der Waals surface area contributed by atoms with Gasteiger partial charge < -0.3 is 10.6 Å². The molecule has 3 nitrogen and oxygen atoms in total. The first-order valence-corrected chi connectivity index (χ1v) is 7.97. The number of nitriles is 1. The fourth-order valence-corrected chi connectivity index (χ4v) is 3.83. The molecule has 0 radical (unpaired) electrons. The molecular formula is C17H22FN3. The summed E-state index contributed by atoms with van der Waals surface area (Å²) in [4.78, 5) is 0. The molecule has 1 heterocycles. The summed E-state index contributed by atoms with van der Waals surface area (Å²) in [5, 5.41) is 16.3. The second kappa shape index (κ2) is 6.44. The molecule has 4 heteroatoms. The maximum absolute atomic E-state index is 13.2. The average Bonchev–Trinajstić information content (AvgIpc) is 2.98. The molecule has 0 amide bonds. The molecule has 1 saturated carbocycles. The predicted molar refractivity (Wildman–Crippen MR) is 81.5 cm³/mol. The van der Waals surface area contributed by atoms with Crippen LogP contribution in [0.5, 0.6) is 0 Å². The van der Waals surface area contributed by atoms with Crippen molar-refractivity contribution < 1.29 is 4.39 Å². The van der Waals surface area contributed by atoms with Crippen LogP contribution in [0.15, 0.2) is 18.2 Å². The lowest BCUT2D eigenvalue weighted by molar-refractivity contribution is 0.286. The summed E-state index contributed by atoms with van der Waals surface area (Å²) < 4.78 is 13.2. The highest BCUT2D eigenvalue weighted by Crippen LogP contribution is 2.34. The quantitative estimate of drug-likeness (QED) is 0.895. The maximum Gasteiger partial charge on any atom is 0.124 e. The van der Waals surface area contributed by atoms with Crippen LogP contribution in [-0.4, -0.2) is 18.6 Å². The molecule has 21 heavy (non-hydrogen) atoms. The van der Waals surface area contributed by atoms with Gasteiger partial charge in [0.1, 0.15) is 11.9 Å². The van der Waals surface area contributed by atoms with Gasteiger partial charge in [0.15, 0.2) is 0 Å². The molecule has 3 atom stereocenters. The van der Waals surface area contributed by atoms with Gasteiger partial charge in [-0.3, -0.25) is 0 Å². The molecule has 112 valence electrons. The van der Waals surface area contributed by atoms with E-state index in [1.807, 2.05) is 0 Å². The van der Waals surface area contributed by atoms with E-state index in [2.05, 4.69) is 16.7 Å². The van der Waals surface area contributed by atoms with Crippen molar-refractivity contribution in [3.63, 3.8) is 0 Å². The van der Waals surface area contributed by atoms with Gasteiger partial charge in [-0.05, 0) is 56.3 Å². The molecule has 1 saturated heterocycles. The van der Waals surface area contributed by atoms with Gasteiger partial charge in [-0.15, -0.1) is 0 Å². The highest BCUT2D eigenvalue weighted by Gasteiger charge is 2.34. The SMILES string of the molecule is N#Cc1cc(F)ccc1NC1CCCC1C1CCCCN1. The minimum atomic E-state index is -0.353. The van der Waals surface area contributed by atoms with Crippen molar-refractivity contribution in [1.29, 1.82) is 5.26 Å². The van der Waals surface area contributed by atoms with E-state index in [0.29, 0.717) is 23.6 Å². The molecular weight excluding hydrogens is 265 g/mol. The zero-order chi connectivity index (χ0) is 14.7. The lowest BCUT2D eigenvalue weighted by Crippen LogP contribution is -2.44. The third-order valence-corrected chi connectivity index (χ3v) is 4.88. The standard InChI is InChI=1S/C17H22FN3/c18-13-7-8-15(12(10-13)11-19)21-17-6-3-4-14(17)16-5-1-2-9-20-16/h7-8,10,14,16-17,20-21H,1-6,9H2. The Morgan fingerprint density at radius 2 is 2.10 bits per heavy atom. The normalized spacial score (nSPS) is 29.0. The fraction of sp³-hybridized carbons (Fsp3) is 0.588. The van der Waals surface area contributed by atoms with Crippen LogP contribution in [-0.2, 0) is 0 Å². The molecule has 2 N–H and O–H groups in total. The van der Waals surface area contributed by atoms with Crippen LogP contribution >= 0.6 is 0 Å². The predicted octanol–water partition coefficient (Wildman–Crippen LogP) is 3.42. The average molecular weight is 287 g/mol. The van der Waals surface area contributed by atoms with E-state index in [1.165, 1.54) is 44.2 Å². The molecule has 1 aromatic carbocycles. The summed E-state index contributed by atoms with van der Waals surface area (Å²) in [6.07, 6.45) is 7.42. The number of nitrogens with zero attached hydrogens (tertiary/aromatic N) is 1. The van der Waals surface area contributed by atoms with E-state index in [9.17, 15) is 4.39 Å².